The van der Waals surface area contributed by atoms with Gasteiger partial charge in [-0.3, -0.25) is 9.80 Å². The molecule has 2 heterocycles. The summed E-state index contributed by atoms with van der Waals surface area (Å²) >= 11 is 0. The van der Waals surface area contributed by atoms with E-state index in [-0.39, 0.29) is 5.91 Å². The van der Waals surface area contributed by atoms with Crippen LogP contribution in [0.15, 0.2) is 54.6 Å². The van der Waals surface area contributed by atoms with Gasteiger partial charge in [0, 0.05) is 18.5 Å². The molecule has 0 unspecified atom stereocenters. The van der Waals surface area contributed by atoms with Crippen LogP contribution >= 0.6 is 0 Å². The summed E-state index contributed by atoms with van der Waals surface area (Å²) in [6.07, 6.45) is 2.76. The average Bonchev–Trinajstić information content (AvgIpc) is 2.98. The summed E-state index contributed by atoms with van der Waals surface area (Å²) in [5, 5.41) is 4.03. The molecule has 4 rings (SSSR count). The van der Waals surface area contributed by atoms with Crippen molar-refractivity contribution in [3.8, 4) is 5.75 Å². The fraction of sp³-hybridized carbons (Fsp3) is 0.286. The number of carbonyl (C=O) groups is 1. The molecule has 0 radical (unpaired) electrons. The SMILES string of the molecule is COc1ccc(C2=CC(C)(C)N3C(=O)CCN3c3ccccc32)cc1. The fourth-order valence-corrected chi connectivity index (χ4v) is 3.83. The smallest absolute Gasteiger partial charge is 0.243 e. The lowest BCUT2D eigenvalue weighted by molar-refractivity contribution is -0.131. The Morgan fingerprint density at radius 1 is 1.04 bits per heavy atom. The van der Waals surface area contributed by atoms with Gasteiger partial charge in [0.15, 0.2) is 0 Å². The number of carbonyl (C=O) groups excluding carboxylic acids is 1. The maximum absolute atomic E-state index is 12.6. The van der Waals surface area contributed by atoms with Crippen LogP contribution < -0.4 is 9.75 Å². The summed E-state index contributed by atoms with van der Waals surface area (Å²) < 4.78 is 5.29. The second-order valence-electron chi connectivity index (χ2n) is 7.04. The summed E-state index contributed by atoms with van der Waals surface area (Å²) in [4.78, 5) is 12.6. The van der Waals surface area contributed by atoms with Gasteiger partial charge in [-0.2, -0.15) is 0 Å². The molecule has 25 heavy (non-hydrogen) atoms. The van der Waals surface area contributed by atoms with Gasteiger partial charge in [-0.1, -0.05) is 30.3 Å². The molecule has 2 aliphatic rings. The van der Waals surface area contributed by atoms with Crippen molar-refractivity contribution >= 4 is 17.2 Å². The van der Waals surface area contributed by atoms with E-state index < -0.39 is 5.54 Å². The summed E-state index contributed by atoms with van der Waals surface area (Å²) in [6.45, 7) is 4.92. The van der Waals surface area contributed by atoms with Gasteiger partial charge in [-0.25, -0.2) is 5.01 Å². The van der Waals surface area contributed by atoms with Crippen LogP contribution in [-0.2, 0) is 4.79 Å². The maximum Gasteiger partial charge on any atom is 0.243 e. The van der Waals surface area contributed by atoms with Crippen molar-refractivity contribution in [3.63, 3.8) is 0 Å². The Labute approximate surface area is 148 Å². The van der Waals surface area contributed by atoms with Gasteiger partial charge in [0.2, 0.25) is 5.91 Å². The first-order chi connectivity index (χ1) is 12.0. The Kier molecular flexibility index (Phi) is 3.57. The summed E-state index contributed by atoms with van der Waals surface area (Å²) in [6, 6.07) is 16.4. The summed E-state index contributed by atoms with van der Waals surface area (Å²) in [5.41, 5.74) is 4.10. The lowest BCUT2D eigenvalue weighted by atomic mass is 9.91. The first kappa shape index (κ1) is 15.8. The Balaban J connectivity index is 1.93. The van der Waals surface area contributed by atoms with Crippen LogP contribution in [0.3, 0.4) is 0 Å². The molecule has 1 fully saturated rings. The standard InChI is InChI=1S/C21H22N2O2/c1-21(2)14-18(15-8-10-16(25-3)11-9-15)17-6-4-5-7-19(17)22-13-12-20(24)23(21)22/h4-11,14H,12-13H2,1-3H3. The molecule has 4 heteroatoms. The topological polar surface area (TPSA) is 32.8 Å². The Morgan fingerprint density at radius 3 is 2.48 bits per heavy atom. The lowest BCUT2D eigenvalue weighted by Crippen LogP contribution is -2.51. The molecule has 0 spiro atoms. The van der Waals surface area contributed by atoms with Crippen molar-refractivity contribution in [2.24, 2.45) is 0 Å². The van der Waals surface area contributed by atoms with Crippen molar-refractivity contribution in [2.45, 2.75) is 25.8 Å². The van der Waals surface area contributed by atoms with Gasteiger partial charge < -0.3 is 4.74 Å². The molecule has 0 aliphatic carbocycles. The number of para-hydroxylation sites is 1. The quantitative estimate of drug-likeness (QED) is 0.836. The number of anilines is 1. The third-order valence-electron chi connectivity index (χ3n) is 4.93. The molecule has 1 saturated heterocycles. The summed E-state index contributed by atoms with van der Waals surface area (Å²) in [7, 11) is 1.67. The normalized spacial score (nSPS) is 18.4. The highest BCUT2D eigenvalue weighted by molar-refractivity contribution is 5.92. The van der Waals surface area contributed by atoms with E-state index in [0.717, 1.165) is 34.7 Å². The van der Waals surface area contributed by atoms with Crippen LogP contribution in [0.1, 0.15) is 31.4 Å². The van der Waals surface area contributed by atoms with Crippen molar-refractivity contribution < 1.29 is 9.53 Å². The Bertz CT molecular complexity index is 852. The van der Waals surface area contributed by atoms with Gasteiger partial charge in [0.1, 0.15) is 5.75 Å². The number of hydrazine groups is 1. The minimum Gasteiger partial charge on any atom is -0.497 e. The highest BCUT2D eigenvalue weighted by atomic mass is 16.5. The number of rotatable bonds is 2. The molecule has 0 atom stereocenters. The minimum absolute atomic E-state index is 0.173. The van der Waals surface area contributed by atoms with E-state index in [2.05, 4.69) is 55.3 Å². The molecule has 0 bridgehead atoms. The predicted molar refractivity (Wildman–Crippen MR) is 99.4 cm³/mol. The Morgan fingerprint density at radius 2 is 1.76 bits per heavy atom. The van der Waals surface area contributed by atoms with Gasteiger partial charge in [-0.15, -0.1) is 0 Å². The predicted octanol–water partition coefficient (Wildman–Crippen LogP) is 3.87. The van der Waals surface area contributed by atoms with Crippen LogP contribution in [0.2, 0.25) is 0 Å². The largest absolute Gasteiger partial charge is 0.497 e. The van der Waals surface area contributed by atoms with Gasteiger partial charge in [0.05, 0.1) is 18.3 Å². The molecule has 4 nitrogen and oxygen atoms in total. The first-order valence-corrected chi connectivity index (χ1v) is 8.58. The van der Waals surface area contributed by atoms with E-state index in [9.17, 15) is 4.79 Å². The molecular formula is C21H22N2O2. The molecule has 0 N–H and O–H groups in total. The van der Waals surface area contributed by atoms with E-state index in [1.54, 1.807) is 7.11 Å². The van der Waals surface area contributed by atoms with Crippen LogP contribution in [0.5, 0.6) is 5.75 Å². The lowest BCUT2D eigenvalue weighted by Gasteiger charge is -2.39. The number of hydrogen-bond acceptors (Lipinski definition) is 3. The number of benzene rings is 2. The number of hydrogen-bond donors (Lipinski definition) is 0. The van der Waals surface area contributed by atoms with Crippen LogP contribution in [0, 0.1) is 0 Å². The first-order valence-electron chi connectivity index (χ1n) is 8.58. The van der Waals surface area contributed by atoms with E-state index >= 15 is 0 Å². The molecule has 1 amide bonds. The number of amides is 1. The number of methoxy groups -OCH3 is 1. The second kappa shape index (κ2) is 5.66. The van der Waals surface area contributed by atoms with Crippen molar-refractivity contribution in [1.82, 2.24) is 5.01 Å². The van der Waals surface area contributed by atoms with Gasteiger partial charge in [-0.05, 0) is 49.3 Å². The van der Waals surface area contributed by atoms with Crippen LogP contribution in [0.25, 0.3) is 5.57 Å². The number of fused-ring (bicyclic) bond motifs is 3. The van der Waals surface area contributed by atoms with E-state index in [1.165, 1.54) is 0 Å². The third kappa shape index (κ3) is 2.49. The highest BCUT2D eigenvalue weighted by Gasteiger charge is 2.42. The van der Waals surface area contributed by atoms with Crippen LogP contribution in [0.4, 0.5) is 5.69 Å². The molecule has 0 aromatic heterocycles. The highest BCUT2D eigenvalue weighted by Crippen LogP contribution is 2.42. The average molecular weight is 334 g/mol. The second-order valence-corrected chi connectivity index (χ2v) is 7.04. The fourth-order valence-electron chi connectivity index (χ4n) is 3.83. The zero-order valence-corrected chi connectivity index (χ0v) is 14.8. The maximum atomic E-state index is 12.6. The van der Waals surface area contributed by atoms with Gasteiger partial charge >= 0.3 is 0 Å². The zero-order valence-electron chi connectivity index (χ0n) is 14.8. The minimum atomic E-state index is -0.401. The molecular weight excluding hydrogens is 312 g/mol. The molecule has 2 aromatic rings. The van der Waals surface area contributed by atoms with E-state index in [0.29, 0.717) is 6.42 Å². The van der Waals surface area contributed by atoms with Crippen molar-refractivity contribution in [3.05, 3.63) is 65.7 Å². The monoisotopic (exact) mass is 334 g/mol. The zero-order chi connectivity index (χ0) is 17.6. The van der Waals surface area contributed by atoms with Crippen molar-refractivity contribution in [1.29, 1.82) is 0 Å². The number of ether oxygens (including phenoxy) is 1. The van der Waals surface area contributed by atoms with Gasteiger partial charge in [0.25, 0.3) is 0 Å². The van der Waals surface area contributed by atoms with E-state index in [4.69, 9.17) is 4.74 Å². The third-order valence-corrected chi connectivity index (χ3v) is 4.93. The molecule has 2 aromatic carbocycles. The molecule has 128 valence electrons. The van der Waals surface area contributed by atoms with Crippen LogP contribution in [-0.4, -0.2) is 30.1 Å². The Hall–Kier alpha value is -2.75. The summed E-state index contributed by atoms with van der Waals surface area (Å²) in [5.74, 6) is 1.01. The molecule has 2 aliphatic heterocycles. The van der Waals surface area contributed by atoms with E-state index in [1.807, 2.05) is 23.2 Å². The molecule has 0 saturated carbocycles. The number of nitrogens with zero attached hydrogens (tertiary/aromatic N) is 2. The van der Waals surface area contributed by atoms with Crippen molar-refractivity contribution in [2.75, 3.05) is 18.7 Å².